The fourth-order valence-corrected chi connectivity index (χ4v) is 1.03. The molecule has 1 unspecified atom stereocenters. The van der Waals surface area contributed by atoms with E-state index in [4.69, 9.17) is 0 Å². The molecule has 0 spiro atoms. The van der Waals surface area contributed by atoms with E-state index in [1.807, 2.05) is 0 Å². The average Bonchev–Trinajstić information content (AvgIpc) is 2.07. The molecule has 66 valence electrons. The zero-order valence-corrected chi connectivity index (χ0v) is 6.71. The third-order valence-electron chi connectivity index (χ3n) is 1.61. The smallest absolute Gasteiger partial charge is 0.268 e. The molecular weight excluding hydrogens is 162 g/mol. The van der Waals surface area contributed by atoms with Gasteiger partial charge in [0, 0.05) is 7.11 Å². The Morgan fingerprint density at radius 2 is 1.75 bits per heavy atom. The lowest BCUT2D eigenvalue weighted by Gasteiger charge is -2.13. The summed E-state index contributed by atoms with van der Waals surface area (Å²) in [5, 5.41) is 0. The van der Waals surface area contributed by atoms with Gasteiger partial charge in [-0.25, -0.2) is 8.78 Å². The minimum atomic E-state index is -2.47. The van der Waals surface area contributed by atoms with Gasteiger partial charge in [-0.3, -0.25) is 0 Å². The molecule has 12 heavy (non-hydrogen) atoms. The highest BCUT2D eigenvalue weighted by Crippen LogP contribution is 2.23. The van der Waals surface area contributed by atoms with Crippen molar-refractivity contribution in [2.24, 2.45) is 0 Å². The molecule has 1 aromatic carbocycles. The summed E-state index contributed by atoms with van der Waals surface area (Å²) in [6.45, 7) is 0. The van der Waals surface area contributed by atoms with Crippen LogP contribution < -0.4 is 0 Å². The van der Waals surface area contributed by atoms with E-state index in [-0.39, 0.29) is 0 Å². The van der Waals surface area contributed by atoms with Crippen molar-refractivity contribution >= 4 is 0 Å². The lowest BCUT2D eigenvalue weighted by atomic mass is 10.1. The molecule has 1 aromatic rings. The van der Waals surface area contributed by atoms with Gasteiger partial charge in [-0.15, -0.1) is 0 Å². The van der Waals surface area contributed by atoms with E-state index in [2.05, 4.69) is 4.74 Å². The number of benzene rings is 1. The van der Waals surface area contributed by atoms with E-state index in [0.717, 1.165) is 0 Å². The van der Waals surface area contributed by atoms with Crippen LogP contribution in [-0.4, -0.2) is 13.5 Å². The van der Waals surface area contributed by atoms with Crippen molar-refractivity contribution < 1.29 is 13.5 Å². The summed E-state index contributed by atoms with van der Waals surface area (Å²) in [7, 11) is 1.28. The van der Waals surface area contributed by atoms with Gasteiger partial charge >= 0.3 is 0 Å². The minimum Gasteiger partial charge on any atom is -0.371 e. The molecule has 0 N–H and O–H groups in total. The topological polar surface area (TPSA) is 9.23 Å². The maximum Gasteiger partial charge on any atom is 0.268 e. The van der Waals surface area contributed by atoms with E-state index < -0.39 is 12.5 Å². The van der Waals surface area contributed by atoms with Crippen LogP contribution in [0.1, 0.15) is 11.7 Å². The van der Waals surface area contributed by atoms with Crippen LogP contribution in [0, 0.1) is 0 Å². The summed E-state index contributed by atoms with van der Waals surface area (Å²) in [5.41, 5.74) is 0.509. The third kappa shape index (κ3) is 2.01. The molecule has 0 amide bonds. The first kappa shape index (κ1) is 9.13. The minimum absolute atomic E-state index is 0.509. The molecule has 3 heteroatoms. The van der Waals surface area contributed by atoms with Crippen molar-refractivity contribution in [1.29, 1.82) is 0 Å². The zero-order chi connectivity index (χ0) is 8.97. The summed E-state index contributed by atoms with van der Waals surface area (Å²) in [6, 6.07) is 8.45. The second-order valence-electron chi connectivity index (χ2n) is 2.40. The third-order valence-corrected chi connectivity index (χ3v) is 1.61. The van der Waals surface area contributed by atoms with Gasteiger partial charge in [0.15, 0.2) is 0 Å². The molecule has 0 fully saturated rings. The number of rotatable bonds is 3. The van der Waals surface area contributed by atoms with Gasteiger partial charge in [0.1, 0.15) is 6.10 Å². The summed E-state index contributed by atoms with van der Waals surface area (Å²) in [6.07, 6.45) is -3.58. The molecule has 1 nitrogen and oxygen atoms in total. The molecule has 0 aliphatic rings. The van der Waals surface area contributed by atoms with Gasteiger partial charge < -0.3 is 4.74 Å². The Morgan fingerprint density at radius 3 is 2.17 bits per heavy atom. The van der Waals surface area contributed by atoms with Crippen molar-refractivity contribution in [2.45, 2.75) is 12.5 Å². The fraction of sp³-hybridized carbons (Fsp3) is 0.333. The molecule has 1 atom stereocenters. The Balaban J connectivity index is 2.80. The summed E-state index contributed by atoms with van der Waals surface area (Å²) in [5.74, 6) is 0. The monoisotopic (exact) mass is 172 g/mol. The molecule has 0 radical (unpaired) electrons. The number of alkyl halides is 2. The van der Waals surface area contributed by atoms with Crippen LogP contribution in [0.15, 0.2) is 30.3 Å². The van der Waals surface area contributed by atoms with Crippen LogP contribution in [0.3, 0.4) is 0 Å². The molecule has 0 saturated heterocycles. The van der Waals surface area contributed by atoms with Crippen LogP contribution in [0.4, 0.5) is 8.78 Å². The SMILES string of the molecule is COC(c1ccccc1)C(F)F. The Hall–Kier alpha value is -0.960. The molecule has 0 aliphatic heterocycles. The van der Waals surface area contributed by atoms with Gasteiger partial charge in [0.2, 0.25) is 0 Å². The highest BCUT2D eigenvalue weighted by molar-refractivity contribution is 5.17. The first-order valence-corrected chi connectivity index (χ1v) is 3.61. The van der Waals surface area contributed by atoms with Gasteiger partial charge in [-0.05, 0) is 5.56 Å². The standard InChI is InChI=1S/C9H10F2O/c1-12-8(9(10)11)7-5-3-2-4-6-7/h2-6,8-9H,1H3. The second-order valence-corrected chi connectivity index (χ2v) is 2.40. The van der Waals surface area contributed by atoms with E-state index in [9.17, 15) is 8.78 Å². The molecule has 0 aromatic heterocycles. The normalized spacial score (nSPS) is 13.3. The number of halogens is 2. The van der Waals surface area contributed by atoms with Crippen LogP contribution in [0.25, 0.3) is 0 Å². The predicted molar refractivity (Wildman–Crippen MR) is 42.2 cm³/mol. The quantitative estimate of drug-likeness (QED) is 0.681. The van der Waals surface area contributed by atoms with E-state index >= 15 is 0 Å². The van der Waals surface area contributed by atoms with Crippen molar-refractivity contribution in [3.8, 4) is 0 Å². The van der Waals surface area contributed by atoms with E-state index in [1.54, 1.807) is 30.3 Å². The van der Waals surface area contributed by atoms with Crippen LogP contribution >= 0.6 is 0 Å². The largest absolute Gasteiger partial charge is 0.371 e. The number of hydrogen-bond acceptors (Lipinski definition) is 1. The Labute approximate surface area is 70.0 Å². The Morgan fingerprint density at radius 1 is 1.17 bits per heavy atom. The van der Waals surface area contributed by atoms with Crippen LogP contribution in [-0.2, 0) is 4.74 Å². The molecule has 0 saturated carbocycles. The maximum atomic E-state index is 12.3. The highest BCUT2D eigenvalue weighted by atomic mass is 19.3. The number of ether oxygens (including phenoxy) is 1. The second kappa shape index (κ2) is 4.16. The van der Waals surface area contributed by atoms with Crippen molar-refractivity contribution in [3.05, 3.63) is 35.9 Å². The number of hydrogen-bond donors (Lipinski definition) is 0. The lowest BCUT2D eigenvalue weighted by Crippen LogP contribution is -2.10. The zero-order valence-electron chi connectivity index (χ0n) is 6.71. The van der Waals surface area contributed by atoms with Gasteiger partial charge in [0.25, 0.3) is 6.43 Å². The van der Waals surface area contributed by atoms with Crippen LogP contribution in [0.2, 0.25) is 0 Å². The first-order chi connectivity index (χ1) is 5.75. The average molecular weight is 172 g/mol. The lowest BCUT2D eigenvalue weighted by molar-refractivity contribution is -0.0343. The first-order valence-electron chi connectivity index (χ1n) is 3.61. The highest BCUT2D eigenvalue weighted by Gasteiger charge is 2.20. The van der Waals surface area contributed by atoms with Crippen LogP contribution in [0.5, 0.6) is 0 Å². The van der Waals surface area contributed by atoms with E-state index in [0.29, 0.717) is 5.56 Å². The molecule has 0 heterocycles. The Bertz CT molecular complexity index is 223. The van der Waals surface area contributed by atoms with Crippen molar-refractivity contribution in [1.82, 2.24) is 0 Å². The van der Waals surface area contributed by atoms with Crippen molar-refractivity contribution in [3.63, 3.8) is 0 Å². The number of methoxy groups -OCH3 is 1. The molecular formula is C9H10F2O. The van der Waals surface area contributed by atoms with Gasteiger partial charge in [-0.1, -0.05) is 30.3 Å². The van der Waals surface area contributed by atoms with Crippen molar-refractivity contribution in [2.75, 3.05) is 7.11 Å². The van der Waals surface area contributed by atoms with E-state index in [1.165, 1.54) is 7.11 Å². The maximum absolute atomic E-state index is 12.3. The fourth-order valence-electron chi connectivity index (χ4n) is 1.03. The summed E-state index contributed by atoms with van der Waals surface area (Å²) >= 11 is 0. The Kier molecular flexibility index (Phi) is 3.17. The van der Waals surface area contributed by atoms with Gasteiger partial charge in [-0.2, -0.15) is 0 Å². The molecule has 0 aliphatic carbocycles. The predicted octanol–water partition coefficient (Wildman–Crippen LogP) is 2.64. The molecule has 0 bridgehead atoms. The molecule has 1 rings (SSSR count). The summed E-state index contributed by atoms with van der Waals surface area (Å²) in [4.78, 5) is 0. The van der Waals surface area contributed by atoms with Gasteiger partial charge in [0.05, 0.1) is 0 Å². The summed E-state index contributed by atoms with van der Waals surface area (Å²) < 4.78 is 29.2.